The van der Waals surface area contributed by atoms with E-state index in [1.807, 2.05) is 29.2 Å². The molecule has 1 N–H and O–H groups in total. The molecule has 0 radical (unpaired) electrons. The monoisotopic (exact) mass is 403 g/mol. The highest BCUT2D eigenvalue weighted by Crippen LogP contribution is 2.28. The van der Waals surface area contributed by atoms with E-state index < -0.39 is 10.0 Å². The van der Waals surface area contributed by atoms with Crippen LogP contribution in [0.15, 0.2) is 48.5 Å². The van der Waals surface area contributed by atoms with Gasteiger partial charge in [0.25, 0.3) is 5.91 Å². The molecule has 0 atom stereocenters. The van der Waals surface area contributed by atoms with E-state index >= 15 is 0 Å². The molecule has 0 bridgehead atoms. The summed E-state index contributed by atoms with van der Waals surface area (Å²) in [4.78, 5) is 16.8. The van der Waals surface area contributed by atoms with Crippen molar-refractivity contribution in [1.29, 1.82) is 0 Å². The zero-order valence-corrected chi connectivity index (χ0v) is 16.9. The molecule has 1 heterocycles. The third kappa shape index (κ3) is 4.56. The molecular weight excluding hydrogens is 378 g/mol. The Morgan fingerprint density at radius 3 is 2.29 bits per heavy atom. The molecule has 2 aromatic rings. The van der Waals surface area contributed by atoms with Gasteiger partial charge in [0, 0.05) is 37.4 Å². The minimum Gasteiger partial charge on any atom is -0.495 e. The summed E-state index contributed by atoms with van der Waals surface area (Å²) in [5.41, 5.74) is 2.04. The maximum atomic E-state index is 12.8. The zero-order chi connectivity index (χ0) is 20.1. The highest BCUT2D eigenvalue weighted by Gasteiger charge is 2.23. The number of ether oxygens (including phenoxy) is 1. The molecule has 1 amide bonds. The fourth-order valence-corrected chi connectivity index (χ4v) is 3.80. The third-order valence-corrected chi connectivity index (χ3v) is 6.08. The van der Waals surface area contributed by atoms with E-state index in [9.17, 15) is 13.2 Å². The lowest BCUT2D eigenvalue weighted by molar-refractivity contribution is 0.0746. The van der Waals surface area contributed by atoms with Crippen LogP contribution in [0.4, 0.5) is 11.4 Å². The Hall–Kier alpha value is -2.74. The van der Waals surface area contributed by atoms with Crippen molar-refractivity contribution >= 4 is 27.3 Å². The van der Waals surface area contributed by atoms with Crippen molar-refractivity contribution in [2.45, 2.75) is 6.92 Å². The van der Waals surface area contributed by atoms with Gasteiger partial charge in [-0.15, -0.1) is 0 Å². The first-order valence-corrected chi connectivity index (χ1v) is 10.9. The molecule has 150 valence electrons. The van der Waals surface area contributed by atoms with Gasteiger partial charge in [-0.25, -0.2) is 8.42 Å². The predicted octanol–water partition coefficient (Wildman–Crippen LogP) is 2.42. The minimum absolute atomic E-state index is 0.00413. The van der Waals surface area contributed by atoms with E-state index in [4.69, 9.17) is 4.74 Å². The van der Waals surface area contributed by atoms with Crippen LogP contribution in [0.3, 0.4) is 0 Å². The maximum Gasteiger partial charge on any atom is 0.253 e. The number of rotatable bonds is 6. The van der Waals surface area contributed by atoms with Crippen LogP contribution in [0.25, 0.3) is 0 Å². The number of piperazine rings is 1. The van der Waals surface area contributed by atoms with Crippen LogP contribution < -0.4 is 14.4 Å². The number of para-hydroxylation sites is 2. The fourth-order valence-electron chi connectivity index (χ4n) is 3.16. The number of anilines is 2. The number of amides is 1. The van der Waals surface area contributed by atoms with Gasteiger partial charge >= 0.3 is 0 Å². The lowest BCUT2D eigenvalue weighted by atomic mass is 10.1. The Kier molecular flexibility index (Phi) is 6.08. The molecule has 1 saturated heterocycles. The number of nitrogens with zero attached hydrogens (tertiary/aromatic N) is 2. The van der Waals surface area contributed by atoms with E-state index in [1.165, 1.54) is 0 Å². The van der Waals surface area contributed by atoms with Crippen LogP contribution in [0.5, 0.6) is 5.75 Å². The van der Waals surface area contributed by atoms with Crippen LogP contribution in [0.2, 0.25) is 0 Å². The molecule has 2 aromatic carbocycles. The Morgan fingerprint density at radius 1 is 1.04 bits per heavy atom. The van der Waals surface area contributed by atoms with Crippen LogP contribution in [0, 0.1) is 0 Å². The van der Waals surface area contributed by atoms with Gasteiger partial charge in [-0.05, 0) is 43.3 Å². The van der Waals surface area contributed by atoms with Crippen molar-refractivity contribution in [2.24, 2.45) is 0 Å². The minimum atomic E-state index is -3.33. The molecule has 0 aromatic heterocycles. The molecular formula is C20H25N3O4S. The van der Waals surface area contributed by atoms with Crippen molar-refractivity contribution < 1.29 is 17.9 Å². The van der Waals surface area contributed by atoms with E-state index in [0.717, 1.165) is 24.5 Å². The van der Waals surface area contributed by atoms with Crippen LogP contribution in [-0.2, 0) is 10.0 Å². The average Bonchev–Trinajstić information content (AvgIpc) is 2.73. The molecule has 7 nitrogen and oxygen atoms in total. The summed E-state index contributed by atoms with van der Waals surface area (Å²) in [6, 6.07) is 14.4. The van der Waals surface area contributed by atoms with Crippen molar-refractivity contribution in [3.63, 3.8) is 0 Å². The van der Waals surface area contributed by atoms with Crippen molar-refractivity contribution in [1.82, 2.24) is 4.90 Å². The maximum absolute atomic E-state index is 12.8. The molecule has 28 heavy (non-hydrogen) atoms. The van der Waals surface area contributed by atoms with E-state index in [0.29, 0.717) is 24.3 Å². The number of methoxy groups -OCH3 is 1. The Bertz CT molecular complexity index is 921. The summed E-state index contributed by atoms with van der Waals surface area (Å²) in [5, 5.41) is 0. The largest absolute Gasteiger partial charge is 0.495 e. The first kappa shape index (κ1) is 20.0. The zero-order valence-electron chi connectivity index (χ0n) is 16.1. The van der Waals surface area contributed by atoms with Gasteiger partial charge in [0.1, 0.15) is 5.75 Å². The second-order valence-corrected chi connectivity index (χ2v) is 8.54. The molecule has 0 aliphatic carbocycles. The Balaban J connectivity index is 1.62. The summed E-state index contributed by atoms with van der Waals surface area (Å²) < 4.78 is 31.2. The van der Waals surface area contributed by atoms with Crippen LogP contribution in [0.1, 0.15) is 17.3 Å². The van der Waals surface area contributed by atoms with Crippen molar-refractivity contribution in [3.05, 3.63) is 54.1 Å². The third-order valence-electron chi connectivity index (χ3n) is 4.78. The van der Waals surface area contributed by atoms with Crippen molar-refractivity contribution in [2.75, 3.05) is 48.7 Å². The number of sulfonamides is 1. The van der Waals surface area contributed by atoms with Gasteiger partial charge in [0.2, 0.25) is 10.0 Å². The number of benzene rings is 2. The average molecular weight is 404 g/mol. The number of nitrogens with one attached hydrogen (secondary N) is 1. The second kappa shape index (κ2) is 8.52. The number of carbonyl (C=O) groups excluding carboxylic acids is 1. The van der Waals surface area contributed by atoms with Gasteiger partial charge in [-0.1, -0.05) is 12.1 Å². The lowest BCUT2D eigenvalue weighted by Crippen LogP contribution is -2.48. The van der Waals surface area contributed by atoms with Gasteiger partial charge in [0.15, 0.2) is 0 Å². The second-order valence-electron chi connectivity index (χ2n) is 6.53. The van der Waals surface area contributed by atoms with Crippen LogP contribution in [-0.4, -0.2) is 58.3 Å². The van der Waals surface area contributed by atoms with Crippen molar-refractivity contribution in [3.8, 4) is 5.75 Å². The SMILES string of the molecule is CCS(=O)(=O)Nc1ccc(C(=O)N2CCN(c3ccccc3OC)CC2)cc1. The molecule has 1 aliphatic rings. The van der Waals surface area contributed by atoms with E-state index in [1.54, 1.807) is 38.3 Å². The van der Waals surface area contributed by atoms with E-state index in [2.05, 4.69) is 9.62 Å². The molecule has 0 saturated carbocycles. The van der Waals surface area contributed by atoms with Crippen LogP contribution >= 0.6 is 0 Å². The van der Waals surface area contributed by atoms with Gasteiger partial charge in [0.05, 0.1) is 18.6 Å². The predicted molar refractivity (Wildman–Crippen MR) is 111 cm³/mol. The lowest BCUT2D eigenvalue weighted by Gasteiger charge is -2.36. The smallest absolute Gasteiger partial charge is 0.253 e. The highest BCUT2D eigenvalue weighted by atomic mass is 32.2. The standard InChI is InChI=1S/C20H25N3O4S/c1-3-28(25,26)21-17-10-8-16(9-11-17)20(24)23-14-12-22(13-15-23)18-6-4-5-7-19(18)27-2/h4-11,21H,3,12-15H2,1-2H3. The Morgan fingerprint density at radius 2 is 1.68 bits per heavy atom. The topological polar surface area (TPSA) is 79.0 Å². The normalized spacial score (nSPS) is 14.6. The summed E-state index contributed by atoms with van der Waals surface area (Å²) in [5.74, 6) is 0.779. The number of carbonyl (C=O) groups is 1. The molecule has 3 rings (SSSR count). The highest BCUT2D eigenvalue weighted by molar-refractivity contribution is 7.92. The summed E-state index contributed by atoms with van der Waals surface area (Å²) in [7, 11) is -1.67. The number of hydrogen-bond acceptors (Lipinski definition) is 5. The molecule has 1 fully saturated rings. The number of hydrogen-bond donors (Lipinski definition) is 1. The summed E-state index contributed by atoms with van der Waals surface area (Å²) in [6.07, 6.45) is 0. The molecule has 0 unspecified atom stereocenters. The van der Waals surface area contributed by atoms with Gasteiger partial charge in [-0.3, -0.25) is 9.52 Å². The van der Waals surface area contributed by atoms with Gasteiger partial charge < -0.3 is 14.5 Å². The van der Waals surface area contributed by atoms with Gasteiger partial charge in [-0.2, -0.15) is 0 Å². The van der Waals surface area contributed by atoms with E-state index in [-0.39, 0.29) is 11.7 Å². The first-order chi connectivity index (χ1) is 13.4. The fraction of sp³-hybridized carbons (Fsp3) is 0.350. The summed E-state index contributed by atoms with van der Waals surface area (Å²) in [6.45, 7) is 4.24. The first-order valence-electron chi connectivity index (χ1n) is 9.21. The molecule has 8 heteroatoms. The molecule has 1 aliphatic heterocycles. The Labute approximate surface area is 166 Å². The molecule has 0 spiro atoms. The quantitative estimate of drug-likeness (QED) is 0.801. The summed E-state index contributed by atoms with van der Waals surface area (Å²) >= 11 is 0.